The van der Waals surface area contributed by atoms with Crippen molar-refractivity contribution in [2.45, 2.75) is 11.3 Å². The van der Waals surface area contributed by atoms with Gasteiger partial charge in [0, 0.05) is 6.07 Å². The fourth-order valence-electron chi connectivity index (χ4n) is 1.29. The van der Waals surface area contributed by atoms with E-state index in [1.54, 1.807) is 6.07 Å². The largest absolute Gasteiger partial charge is 0.497 e. The normalized spacial score (nSPS) is 11.3. The smallest absolute Gasteiger partial charge is 0.300 e. The molecule has 0 atom stereocenters. The molecule has 2 N–H and O–H groups in total. The summed E-state index contributed by atoms with van der Waals surface area (Å²) in [6.45, 7) is 0.407. The molecule has 0 amide bonds. The van der Waals surface area contributed by atoms with Crippen molar-refractivity contribution in [3.8, 4) is 11.5 Å². The summed E-state index contributed by atoms with van der Waals surface area (Å²) < 4.78 is 38.7. The van der Waals surface area contributed by atoms with Gasteiger partial charge in [0.1, 0.15) is 16.4 Å². The molecule has 0 saturated carbocycles. The number of methoxy groups -OCH3 is 2. The molecule has 0 aromatic heterocycles. The summed E-state index contributed by atoms with van der Waals surface area (Å²) in [5.41, 5.74) is 5.28. The van der Waals surface area contributed by atoms with E-state index in [1.165, 1.54) is 26.4 Å². The monoisotopic (exact) mass is 275 g/mol. The maximum atomic E-state index is 12.0. The van der Waals surface area contributed by atoms with Crippen LogP contribution in [0.15, 0.2) is 23.1 Å². The molecular formula is C11H17NO5S. The molecule has 1 rings (SSSR count). The minimum absolute atomic E-state index is 0.0409. The molecule has 0 unspecified atom stereocenters. The number of hydrogen-bond donors (Lipinski definition) is 1. The predicted molar refractivity (Wildman–Crippen MR) is 66.4 cm³/mol. The van der Waals surface area contributed by atoms with Gasteiger partial charge in [-0.05, 0) is 25.1 Å². The van der Waals surface area contributed by atoms with Crippen LogP contribution in [0.4, 0.5) is 0 Å². The molecule has 0 spiro atoms. The van der Waals surface area contributed by atoms with Crippen LogP contribution >= 0.6 is 0 Å². The number of ether oxygens (including phenoxy) is 2. The Labute approximate surface area is 107 Å². The molecule has 0 aliphatic heterocycles. The Morgan fingerprint density at radius 2 is 1.94 bits per heavy atom. The third-order valence-corrected chi connectivity index (χ3v) is 3.56. The summed E-state index contributed by atoms with van der Waals surface area (Å²) in [5.74, 6) is 0.625. The number of rotatable bonds is 7. The van der Waals surface area contributed by atoms with Crippen molar-refractivity contribution in [1.29, 1.82) is 0 Å². The topological polar surface area (TPSA) is 87.8 Å². The molecular weight excluding hydrogens is 258 g/mol. The lowest BCUT2D eigenvalue weighted by atomic mass is 10.3. The molecule has 0 radical (unpaired) electrons. The molecule has 1 aromatic rings. The minimum Gasteiger partial charge on any atom is -0.497 e. The van der Waals surface area contributed by atoms with Gasteiger partial charge in [-0.3, -0.25) is 4.18 Å². The molecule has 0 fully saturated rings. The third-order valence-electron chi connectivity index (χ3n) is 2.23. The number of nitrogens with two attached hydrogens (primary N) is 1. The standard InChI is InChI=1S/C11H17NO5S/c1-15-9-4-5-10(16-2)11(8-9)18(13,14)17-7-3-6-12/h4-5,8H,3,6-7,12H2,1-2H3. The van der Waals surface area contributed by atoms with E-state index in [4.69, 9.17) is 19.4 Å². The maximum Gasteiger partial charge on any atom is 0.300 e. The van der Waals surface area contributed by atoms with Crippen molar-refractivity contribution in [3.63, 3.8) is 0 Å². The van der Waals surface area contributed by atoms with Crippen LogP contribution in [0.25, 0.3) is 0 Å². The summed E-state index contributed by atoms with van der Waals surface area (Å²) in [4.78, 5) is -0.0543. The van der Waals surface area contributed by atoms with Gasteiger partial charge in [0.2, 0.25) is 0 Å². The van der Waals surface area contributed by atoms with Crippen LogP contribution in [0.1, 0.15) is 6.42 Å². The van der Waals surface area contributed by atoms with Crippen molar-refractivity contribution in [3.05, 3.63) is 18.2 Å². The highest BCUT2D eigenvalue weighted by Gasteiger charge is 2.21. The van der Waals surface area contributed by atoms with Crippen molar-refractivity contribution in [2.75, 3.05) is 27.4 Å². The summed E-state index contributed by atoms with van der Waals surface area (Å²) in [6, 6.07) is 4.48. The zero-order chi connectivity index (χ0) is 13.6. The van der Waals surface area contributed by atoms with Crippen molar-refractivity contribution >= 4 is 10.1 Å². The van der Waals surface area contributed by atoms with Gasteiger partial charge < -0.3 is 15.2 Å². The van der Waals surface area contributed by atoms with Crippen molar-refractivity contribution in [1.82, 2.24) is 0 Å². The fourth-order valence-corrected chi connectivity index (χ4v) is 2.42. The SMILES string of the molecule is COc1ccc(OC)c(S(=O)(=O)OCCCN)c1. The molecule has 102 valence electrons. The van der Waals surface area contributed by atoms with Crippen LogP contribution in [0.2, 0.25) is 0 Å². The van der Waals surface area contributed by atoms with E-state index in [1.807, 2.05) is 0 Å². The Balaban J connectivity index is 3.05. The molecule has 1 aromatic carbocycles. The van der Waals surface area contributed by atoms with Gasteiger partial charge in [0.05, 0.1) is 20.8 Å². The van der Waals surface area contributed by atoms with Gasteiger partial charge in [-0.25, -0.2) is 0 Å². The Bertz CT molecular complexity index is 486. The molecule has 18 heavy (non-hydrogen) atoms. The Morgan fingerprint density at radius 1 is 1.22 bits per heavy atom. The number of hydrogen-bond acceptors (Lipinski definition) is 6. The van der Waals surface area contributed by atoms with Crippen LogP contribution in [0, 0.1) is 0 Å². The zero-order valence-electron chi connectivity index (χ0n) is 10.4. The molecule has 0 aliphatic carbocycles. The van der Waals surface area contributed by atoms with E-state index < -0.39 is 10.1 Å². The van der Waals surface area contributed by atoms with Crippen molar-refractivity contribution < 1.29 is 22.1 Å². The van der Waals surface area contributed by atoms with Gasteiger partial charge in [-0.2, -0.15) is 8.42 Å². The lowest BCUT2D eigenvalue weighted by Crippen LogP contribution is -2.12. The highest BCUT2D eigenvalue weighted by molar-refractivity contribution is 7.86. The highest BCUT2D eigenvalue weighted by atomic mass is 32.2. The van der Waals surface area contributed by atoms with Crippen LogP contribution in [-0.4, -0.2) is 35.8 Å². The summed E-state index contributed by atoms with van der Waals surface area (Å²) >= 11 is 0. The van der Waals surface area contributed by atoms with E-state index in [-0.39, 0.29) is 17.3 Å². The summed E-state index contributed by atoms with van der Waals surface area (Å²) in [6.07, 6.45) is 0.464. The highest BCUT2D eigenvalue weighted by Crippen LogP contribution is 2.29. The van der Waals surface area contributed by atoms with Crippen LogP contribution in [-0.2, 0) is 14.3 Å². The van der Waals surface area contributed by atoms with Crippen molar-refractivity contribution in [2.24, 2.45) is 5.73 Å². The third kappa shape index (κ3) is 3.59. The zero-order valence-corrected chi connectivity index (χ0v) is 11.2. The molecule has 7 heteroatoms. The second-order valence-electron chi connectivity index (χ2n) is 3.44. The maximum absolute atomic E-state index is 12.0. The molecule has 0 saturated heterocycles. The van der Waals surface area contributed by atoms with E-state index in [9.17, 15) is 8.42 Å². The number of benzene rings is 1. The van der Waals surface area contributed by atoms with Crippen LogP contribution in [0.5, 0.6) is 11.5 Å². The minimum atomic E-state index is -3.87. The first kappa shape index (κ1) is 14.7. The van der Waals surface area contributed by atoms with Gasteiger partial charge in [0.25, 0.3) is 0 Å². The van der Waals surface area contributed by atoms with Gasteiger partial charge in [-0.1, -0.05) is 0 Å². The van der Waals surface area contributed by atoms with E-state index in [0.29, 0.717) is 18.7 Å². The Morgan fingerprint density at radius 3 is 2.50 bits per heavy atom. The average Bonchev–Trinajstić information content (AvgIpc) is 2.38. The molecule has 0 aliphatic rings. The predicted octanol–water partition coefficient (Wildman–Crippen LogP) is 0.758. The van der Waals surface area contributed by atoms with E-state index in [2.05, 4.69) is 0 Å². The second kappa shape index (κ2) is 6.58. The summed E-state index contributed by atoms with van der Waals surface area (Å²) in [5, 5.41) is 0. The van der Waals surface area contributed by atoms with E-state index in [0.717, 1.165) is 0 Å². The average molecular weight is 275 g/mol. The van der Waals surface area contributed by atoms with Gasteiger partial charge in [-0.15, -0.1) is 0 Å². The first-order valence-electron chi connectivity index (χ1n) is 5.36. The second-order valence-corrected chi connectivity index (χ2v) is 5.02. The van der Waals surface area contributed by atoms with Gasteiger partial charge >= 0.3 is 10.1 Å². The lowest BCUT2D eigenvalue weighted by Gasteiger charge is -2.11. The van der Waals surface area contributed by atoms with Crippen LogP contribution in [0.3, 0.4) is 0 Å². The summed E-state index contributed by atoms with van der Waals surface area (Å²) in [7, 11) is -1.03. The van der Waals surface area contributed by atoms with Crippen LogP contribution < -0.4 is 15.2 Å². The van der Waals surface area contributed by atoms with E-state index >= 15 is 0 Å². The molecule has 6 nitrogen and oxygen atoms in total. The quantitative estimate of drug-likeness (QED) is 0.584. The first-order valence-corrected chi connectivity index (χ1v) is 6.77. The molecule has 0 bridgehead atoms. The Hall–Kier alpha value is -1.31. The lowest BCUT2D eigenvalue weighted by molar-refractivity contribution is 0.310. The van der Waals surface area contributed by atoms with Gasteiger partial charge in [0.15, 0.2) is 0 Å². The molecule has 0 heterocycles. The Kier molecular flexibility index (Phi) is 5.39. The first-order chi connectivity index (χ1) is 8.55. The fraction of sp³-hybridized carbons (Fsp3) is 0.455.